The zero-order valence-electron chi connectivity index (χ0n) is 17.2. The number of sulfonamides is 1. The highest BCUT2D eigenvalue weighted by Crippen LogP contribution is 2.20. The van der Waals surface area contributed by atoms with Crippen molar-refractivity contribution in [3.63, 3.8) is 0 Å². The maximum Gasteiger partial charge on any atom is 0.261 e. The molecule has 0 saturated carbocycles. The molecule has 0 atom stereocenters. The van der Waals surface area contributed by atoms with Crippen molar-refractivity contribution in [2.24, 2.45) is 0 Å². The molecule has 30 heavy (non-hydrogen) atoms. The highest BCUT2D eigenvalue weighted by Gasteiger charge is 2.15. The molecule has 0 heterocycles. The van der Waals surface area contributed by atoms with Crippen LogP contribution in [0.3, 0.4) is 0 Å². The van der Waals surface area contributed by atoms with E-state index < -0.39 is 10.0 Å². The maximum atomic E-state index is 12.5. The molecule has 0 unspecified atom stereocenters. The molecule has 0 radical (unpaired) electrons. The molecule has 9 heteroatoms. The number of hydrogen-bond donors (Lipinski definition) is 2. The minimum absolute atomic E-state index is 0.0690. The molecule has 0 aliphatic heterocycles. The molecule has 2 N–H and O–H groups in total. The van der Waals surface area contributed by atoms with Crippen LogP contribution in [0.2, 0.25) is 0 Å². The Morgan fingerprint density at radius 2 is 1.67 bits per heavy atom. The first-order valence-corrected chi connectivity index (χ1v) is 11.1. The van der Waals surface area contributed by atoms with Crippen molar-refractivity contribution in [3.8, 4) is 5.75 Å². The summed E-state index contributed by atoms with van der Waals surface area (Å²) in [6, 6.07) is 12.4. The van der Waals surface area contributed by atoms with E-state index in [1.54, 1.807) is 31.4 Å². The average molecular weight is 437 g/mol. The van der Waals surface area contributed by atoms with Crippen LogP contribution < -0.4 is 14.8 Å². The number of carbonyl (C=O) groups excluding carboxylic acids is 1. The summed E-state index contributed by atoms with van der Waals surface area (Å²) in [6.07, 6.45) is 0.675. The molecule has 0 saturated heterocycles. The molecule has 0 bridgehead atoms. The van der Waals surface area contributed by atoms with Gasteiger partial charge in [0.2, 0.25) is 0 Å². The van der Waals surface area contributed by atoms with Crippen molar-refractivity contribution in [2.45, 2.75) is 18.2 Å². The fourth-order valence-corrected chi connectivity index (χ4v) is 3.57. The molecule has 2 aromatic rings. The second-order valence-corrected chi connectivity index (χ2v) is 7.98. The average Bonchev–Trinajstić information content (AvgIpc) is 2.74. The second-order valence-electron chi connectivity index (χ2n) is 6.30. The van der Waals surface area contributed by atoms with Gasteiger partial charge in [-0.25, -0.2) is 8.42 Å². The van der Waals surface area contributed by atoms with Crippen LogP contribution in [0, 0.1) is 0 Å². The summed E-state index contributed by atoms with van der Waals surface area (Å²) in [5.74, 6) is 0.396. The van der Waals surface area contributed by atoms with Gasteiger partial charge in [0.05, 0.1) is 24.7 Å². The van der Waals surface area contributed by atoms with Gasteiger partial charge in [-0.1, -0.05) is 0 Å². The van der Waals surface area contributed by atoms with E-state index in [-0.39, 0.29) is 10.8 Å². The van der Waals surface area contributed by atoms with Gasteiger partial charge in [-0.05, 0) is 61.9 Å². The summed E-state index contributed by atoms with van der Waals surface area (Å²) in [4.78, 5) is 12.2. The Morgan fingerprint density at radius 3 is 2.30 bits per heavy atom. The SMILES string of the molecule is CCOc1ccc(NS(=O)(=O)c2ccc(C(=O)NCCCOCCOC)cc2)cc1. The third kappa shape index (κ3) is 7.66. The van der Waals surface area contributed by atoms with Crippen LogP contribution in [0.25, 0.3) is 0 Å². The van der Waals surface area contributed by atoms with Crippen LogP contribution in [0.4, 0.5) is 5.69 Å². The molecule has 0 spiro atoms. The monoisotopic (exact) mass is 436 g/mol. The largest absolute Gasteiger partial charge is 0.494 e. The Labute approximate surface area is 177 Å². The molecule has 1 amide bonds. The van der Waals surface area contributed by atoms with Crippen LogP contribution in [-0.2, 0) is 19.5 Å². The first-order valence-electron chi connectivity index (χ1n) is 9.67. The van der Waals surface area contributed by atoms with E-state index in [4.69, 9.17) is 14.2 Å². The third-order valence-corrected chi connectivity index (χ3v) is 5.42. The van der Waals surface area contributed by atoms with Crippen molar-refractivity contribution in [3.05, 3.63) is 54.1 Å². The summed E-state index contributed by atoms with van der Waals surface area (Å²) in [7, 11) is -2.15. The minimum Gasteiger partial charge on any atom is -0.494 e. The molecule has 164 valence electrons. The number of amides is 1. The van der Waals surface area contributed by atoms with Crippen molar-refractivity contribution in [2.75, 3.05) is 44.8 Å². The number of benzene rings is 2. The van der Waals surface area contributed by atoms with Gasteiger partial charge in [-0.2, -0.15) is 0 Å². The lowest BCUT2D eigenvalue weighted by molar-refractivity contribution is 0.0688. The van der Waals surface area contributed by atoms with Gasteiger partial charge < -0.3 is 19.5 Å². The molecular formula is C21H28N2O6S. The van der Waals surface area contributed by atoms with E-state index in [0.29, 0.717) is 56.4 Å². The van der Waals surface area contributed by atoms with E-state index >= 15 is 0 Å². The van der Waals surface area contributed by atoms with Crippen molar-refractivity contribution < 1.29 is 27.4 Å². The Hall–Kier alpha value is -2.62. The van der Waals surface area contributed by atoms with E-state index in [9.17, 15) is 13.2 Å². The summed E-state index contributed by atoms with van der Waals surface area (Å²) < 4.78 is 43.1. The minimum atomic E-state index is -3.76. The van der Waals surface area contributed by atoms with E-state index in [1.165, 1.54) is 24.3 Å². The lowest BCUT2D eigenvalue weighted by atomic mass is 10.2. The Kier molecular flexibility index (Phi) is 9.59. The molecule has 0 fully saturated rings. The third-order valence-electron chi connectivity index (χ3n) is 4.03. The Balaban J connectivity index is 1.86. The van der Waals surface area contributed by atoms with Crippen LogP contribution in [0.15, 0.2) is 53.4 Å². The lowest BCUT2D eigenvalue weighted by Crippen LogP contribution is -2.25. The number of ether oxygens (including phenoxy) is 3. The zero-order valence-corrected chi connectivity index (χ0v) is 18.0. The molecule has 0 aliphatic rings. The summed E-state index contributed by atoms with van der Waals surface area (Å²) >= 11 is 0. The highest BCUT2D eigenvalue weighted by molar-refractivity contribution is 7.92. The molecule has 8 nitrogen and oxygen atoms in total. The quantitative estimate of drug-likeness (QED) is 0.468. The Morgan fingerprint density at radius 1 is 0.967 bits per heavy atom. The fraction of sp³-hybridized carbons (Fsp3) is 0.381. The molecule has 0 aromatic heterocycles. The maximum absolute atomic E-state index is 12.5. The molecular weight excluding hydrogens is 408 g/mol. The van der Waals surface area contributed by atoms with Crippen molar-refractivity contribution in [1.82, 2.24) is 5.32 Å². The molecule has 2 aromatic carbocycles. The number of nitrogens with one attached hydrogen (secondary N) is 2. The Bertz CT molecular complexity index is 883. The van der Waals surface area contributed by atoms with Gasteiger partial charge >= 0.3 is 0 Å². The highest BCUT2D eigenvalue weighted by atomic mass is 32.2. The van der Waals surface area contributed by atoms with E-state index in [1.807, 2.05) is 6.92 Å². The van der Waals surface area contributed by atoms with E-state index in [2.05, 4.69) is 10.0 Å². The van der Waals surface area contributed by atoms with Crippen LogP contribution in [0.5, 0.6) is 5.75 Å². The first kappa shape index (κ1) is 23.7. The number of rotatable bonds is 13. The van der Waals surface area contributed by atoms with Gasteiger partial charge in [0.15, 0.2) is 0 Å². The van der Waals surface area contributed by atoms with Gasteiger partial charge in [-0.15, -0.1) is 0 Å². The van der Waals surface area contributed by atoms with Gasteiger partial charge in [0.1, 0.15) is 5.75 Å². The summed E-state index contributed by atoms with van der Waals surface area (Å²) in [5.41, 5.74) is 0.809. The van der Waals surface area contributed by atoms with Crippen molar-refractivity contribution >= 4 is 21.6 Å². The first-order chi connectivity index (χ1) is 14.5. The topological polar surface area (TPSA) is 103 Å². The van der Waals surface area contributed by atoms with Gasteiger partial charge in [0, 0.05) is 31.5 Å². The van der Waals surface area contributed by atoms with E-state index in [0.717, 1.165) is 0 Å². The smallest absolute Gasteiger partial charge is 0.261 e. The lowest BCUT2D eigenvalue weighted by Gasteiger charge is -2.10. The molecule has 2 rings (SSSR count). The standard InChI is InChI=1S/C21H28N2O6S/c1-3-29-19-9-7-18(8-10-19)23-30(25,26)20-11-5-17(6-12-20)21(24)22-13-4-14-28-16-15-27-2/h5-12,23H,3-4,13-16H2,1-2H3,(H,22,24). The molecule has 0 aliphatic carbocycles. The predicted molar refractivity (Wildman–Crippen MR) is 115 cm³/mol. The zero-order chi connectivity index (χ0) is 21.8. The van der Waals surface area contributed by atoms with Crippen LogP contribution in [-0.4, -0.2) is 54.4 Å². The predicted octanol–water partition coefficient (Wildman–Crippen LogP) is 2.67. The normalized spacial score (nSPS) is 11.1. The number of methoxy groups -OCH3 is 1. The number of hydrogen-bond acceptors (Lipinski definition) is 6. The van der Waals surface area contributed by atoms with Gasteiger partial charge in [0.25, 0.3) is 15.9 Å². The van der Waals surface area contributed by atoms with Crippen LogP contribution in [0.1, 0.15) is 23.7 Å². The van der Waals surface area contributed by atoms with Crippen LogP contribution >= 0.6 is 0 Å². The second kappa shape index (κ2) is 12.2. The number of anilines is 1. The number of carbonyl (C=O) groups is 1. The fourth-order valence-electron chi connectivity index (χ4n) is 2.51. The van der Waals surface area contributed by atoms with Gasteiger partial charge in [-0.3, -0.25) is 9.52 Å². The summed E-state index contributed by atoms with van der Waals surface area (Å²) in [5, 5.41) is 2.78. The summed E-state index contributed by atoms with van der Waals surface area (Å²) in [6.45, 7) is 4.45. The van der Waals surface area contributed by atoms with Crippen molar-refractivity contribution in [1.29, 1.82) is 0 Å².